The van der Waals surface area contributed by atoms with Crippen molar-refractivity contribution < 1.29 is 17.9 Å². The number of aliphatic hydroxyl groups excluding tert-OH is 1. The third-order valence-electron chi connectivity index (χ3n) is 4.62. The average molecular weight is 375 g/mol. The van der Waals surface area contributed by atoms with E-state index in [0.29, 0.717) is 12.8 Å². The molecule has 1 aromatic carbocycles. The number of benzene rings is 1. The van der Waals surface area contributed by atoms with Gasteiger partial charge < -0.3 is 5.11 Å². The molecule has 0 atom stereocenters. The minimum absolute atomic E-state index is 0.0253. The minimum atomic E-state index is -3.95. The number of hydrogen-bond acceptors (Lipinski definition) is 5. The topological polar surface area (TPSA) is 103 Å². The molecule has 0 aliphatic heterocycles. The molecule has 2 aromatic rings. The predicted molar refractivity (Wildman–Crippen MR) is 93.0 cm³/mol. The summed E-state index contributed by atoms with van der Waals surface area (Å²) in [5, 5.41) is 18.7. The molecule has 1 aliphatic rings. The Hall–Kier alpha value is -2.34. The second-order valence-corrected chi connectivity index (χ2v) is 8.04. The average Bonchev–Trinajstić information content (AvgIpc) is 3.10. The lowest BCUT2D eigenvalue weighted by molar-refractivity contribution is 0.185. The molecule has 0 amide bonds. The number of nitrogens with one attached hydrogen (secondary N) is 1. The van der Waals surface area contributed by atoms with Crippen LogP contribution in [-0.2, 0) is 10.0 Å². The van der Waals surface area contributed by atoms with Crippen LogP contribution >= 0.6 is 0 Å². The van der Waals surface area contributed by atoms with E-state index >= 15 is 0 Å². The number of hydrogen-bond donors (Lipinski definition) is 2. The SMILES string of the molecule is N#Cc1nc(-c2ccccc2S(=O)(=O)NC2(CO)CCCC2)ccc1F. The summed E-state index contributed by atoms with van der Waals surface area (Å²) in [6.07, 6.45) is 2.82. The van der Waals surface area contributed by atoms with E-state index in [4.69, 9.17) is 5.26 Å². The van der Waals surface area contributed by atoms with Gasteiger partial charge in [0.1, 0.15) is 6.07 Å². The predicted octanol–water partition coefficient (Wildman–Crippen LogP) is 2.34. The van der Waals surface area contributed by atoms with Gasteiger partial charge in [-0.25, -0.2) is 22.5 Å². The maximum absolute atomic E-state index is 13.5. The largest absolute Gasteiger partial charge is 0.394 e. The zero-order valence-corrected chi connectivity index (χ0v) is 14.8. The van der Waals surface area contributed by atoms with Crippen molar-refractivity contribution in [3.63, 3.8) is 0 Å². The molecule has 2 N–H and O–H groups in total. The van der Waals surface area contributed by atoms with Crippen LogP contribution in [0.15, 0.2) is 41.3 Å². The molecule has 3 rings (SSSR count). The van der Waals surface area contributed by atoms with Crippen molar-refractivity contribution in [1.82, 2.24) is 9.71 Å². The van der Waals surface area contributed by atoms with E-state index in [1.54, 1.807) is 24.3 Å². The van der Waals surface area contributed by atoms with E-state index in [9.17, 15) is 17.9 Å². The first-order valence-electron chi connectivity index (χ1n) is 8.22. The first-order chi connectivity index (χ1) is 12.4. The summed E-state index contributed by atoms with van der Waals surface area (Å²) in [7, 11) is -3.95. The van der Waals surface area contributed by atoms with Crippen LogP contribution in [0.3, 0.4) is 0 Å². The standard InChI is InChI=1S/C18H18FN3O3S/c19-14-7-8-15(21-16(14)11-20)13-5-1-2-6-17(13)26(24,25)22-18(12-23)9-3-4-10-18/h1-2,5-8,22-23H,3-4,9-10,12H2. The highest BCUT2D eigenvalue weighted by Crippen LogP contribution is 2.33. The lowest BCUT2D eigenvalue weighted by atomic mass is 10.0. The Morgan fingerprint density at radius 3 is 2.58 bits per heavy atom. The third-order valence-corrected chi connectivity index (χ3v) is 6.26. The third kappa shape index (κ3) is 3.46. The molecule has 0 bridgehead atoms. The normalized spacial score (nSPS) is 16.3. The molecule has 1 saturated carbocycles. The number of nitriles is 1. The zero-order valence-electron chi connectivity index (χ0n) is 13.9. The smallest absolute Gasteiger partial charge is 0.241 e. The van der Waals surface area contributed by atoms with Crippen molar-refractivity contribution in [3.05, 3.63) is 47.9 Å². The summed E-state index contributed by atoms with van der Waals surface area (Å²) >= 11 is 0. The van der Waals surface area contributed by atoms with E-state index in [1.165, 1.54) is 12.1 Å². The molecule has 0 unspecified atom stereocenters. The fourth-order valence-electron chi connectivity index (χ4n) is 3.27. The maximum atomic E-state index is 13.5. The Labute approximate surface area is 151 Å². The van der Waals surface area contributed by atoms with Crippen LogP contribution in [0.5, 0.6) is 0 Å². The molecule has 1 heterocycles. The number of rotatable bonds is 5. The number of nitrogens with zero attached hydrogens (tertiary/aromatic N) is 2. The Kier molecular flexibility index (Phi) is 5.05. The number of aromatic nitrogens is 1. The molecule has 136 valence electrons. The second-order valence-electron chi connectivity index (χ2n) is 6.39. The van der Waals surface area contributed by atoms with E-state index in [2.05, 4.69) is 9.71 Å². The quantitative estimate of drug-likeness (QED) is 0.835. The van der Waals surface area contributed by atoms with Crippen molar-refractivity contribution in [2.75, 3.05) is 6.61 Å². The Bertz CT molecular complexity index is 964. The molecule has 26 heavy (non-hydrogen) atoms. The van der Waals surface area contributed by atoms with Crippen molar-refractivity contribution in [3.8, 4) is 17.3 Å². The van der Waals surface area contributed by atoms with Gasteiger partial charge in [-0.15, -0.1) is 0 Å². The van der Waals surface area contributed by atoms with Crippen LogP contribution in [0, 0.1) is 17.1 Å². The van der Waals surface area contributed by atoms with Crippen LogP contribution in [0.1, 0.15) is 31.4 Å². The fourth-order valence-corrected chi connectivity index (χ4v) is 4.94. The molecule has 0 radical (unpaired) electrons. The van der Waals surface area contributed by atoms with E-state index in [1.807, 2.05) is 0 Å². The molecule has 0 spiro atoms. The van der Waals surface area contributed by atoms with Gasteiger partial charge in [0, 0.05) is 5.56 Å². The lowest BCUT2D eigenvalue weighted by Gasteiger charge is -2.28. The summed E-state index contributed by atoms with van der Waals surface area (Å²) in [5.74, 6) is -0.764. The summed E-state index contributed by atoms with van der Waals surface area (Å²) in [6, 6.07) is 10.3. The van der Waals surface area contributed by atoms with Crippen molar-refractivity contribution in [2.45, 2.75) is 36.1 Å². The van der Waals surface area contributed by atoms with Gasteiger partial charge >= 0.3 is 0 Å². The first kappa shape index (κ1) is 18.5. The van der Waals surface area contributed by atoms with E-state index in [0.717, 1.165) is 18.9 Å². The molecule has 1 aromatic heterocycles. The lowest BCUT2D eigenvalue weighted by Crippen LogP contribution is -2.49. The Morgan fingerprint density at radius 2 is 1.92 bits per heavy atom. The Balaban J connectivity index is 2.06. The van der Waals surface area contributed by atoms with Gasteiger partial charge in [0.15, 0.2) is 11.5 Å². The van der Waals surface area contributed by atoms with Crippen molar-refractivity contribution in [1.29, 1.82) is 5.26 Å². The molecule has 0 saturated heterocycles. The van der Waals surface area contributed by atoms with Crippen LogP contribution < -0.4 is 4.72 Å². The number of pyridine rings is 1. The van der Waals surface area contributed by atoms with E-state index < -0.39 is 27.1 Å². The fraction of sp³-hybridized carbons (Fsp3) is 0.333. The highest BCUT2D eigenvalue weighted by molar-refractivity contribution is 7.89. The highest BCUT2D eigenvalue weighted by Gasteiger charge is 2.38. The van der Waals surface area contributed by atoms with Gasteiger partial charge in [0.05, 0.1) is 22.7 Å². The van der Waals surface area contributed by atoms with Gasteiger partial charge in [0.2, 0.25) is 10.0 Å². The van der Waals surface area contributed by atoms with Gasteiger partial charge in [-0.2, -0.15) is 5.26 Å². The number of aliphatic hydroxyl groups is 1. The summed E-state index contributed by atoms with van der Waals surface area (Å²) in [6.45, 7) is -0.276. The zero-order chi connectivity index (χ0) is 18.8. The summed E-state index contributed by atoms with van der Waals surface area (Å²) in [4.78, 5) is 3.90. The number of halogens is 1. The van der Waals surface area contributed by atoms with Crippen molar-refractivity contribution >= 4 is 10.0 Å². The molecule has 6 nitrogen and oxygen atoms in total. The molecular formula is C18H18FN3O3S. The van der Waals surface area contributed by atoms with Crippen LogP contribution in [-0.4, -0.2) is 30.7 Å². The van der Waals surface area contributed by atoms with Gasteiger partial charge in [-0.1, -0.05) is 31.0 Å². The maximum Gasteiger partial charge on any atom is 0.241 e. The van der Waals surface area contributed by atoms with Crippen LogP contribution in [0.25, 0.3) is 11.3 Å². The first-order valence-corrected chi connectivity index (χ1v) is 9.70. The highest BCUT2D eigenvalue weighted by atomic mass is 32.2. The monoisotopic (exact) mass is 375 g/mol. The Morgan fingerprint density at radius 1 is 1.23 bits per heavy atom. The molecule has 1 aliphatic carbocycles. The summed E-state index contributed by atoms with van der Waals surface area (Å²) < 4.78 is 42.1. The van der Waals surface area contributed by atoms with E-state index in [-0.39, 0.29) is 22.8 Å². The van der Waals surface area contributed by atoms with Crippen LogP contribution in [0.4, 0.5) is 4.39 Å². The summed E-state index contributed by atoms with van der Waals surface area (Å²) in [5.41, 5.74) is -0.804. The van der Waals surface area contributed by atoms with Gasteiger partial charge in [-0.05, 0) is 31.0 Å². The van der Waals surface area contributed by atoms with Gasteiger partial charge in [-0.3, -0.25) is 0 Å². The van der Waals surface area contributed by atoms with Gasteiger partial charge in [0.25, 0.3) is 0 Å². The van der Waals surface area contributed by atoms with Crippen molar-refractivity contribution in [2.24, 2.45) is 0 Å². The number of sulfonamides is 1. The molecule has 1 fully saturated rings. The second kappa shape index (κ2) is 7.11. The van der Waals surface area contributed by atoms with Crippen LogP contribution in [0.2, 0.25) is 0 Å². The molecule has 8 heteroatoms. The minimum Gasteiger partial charge on any atom is -0.394 e. The molecular weight excluding hydrogens is 357 g/mol.